The van der Waals surface area contributed by atoms with Gasteiger partial charge in [0.15, 0.2) is 0 Å². The van der Waals surface area contributed by atoms with Crippen molar-refractivity contribution in [3.63, 3.8) is 0 Å². The molecule has 1 unspecified atom stereocenters. The summed E-state index contributed by atoms with van der Waals surface area (Å²) in [6, 6.07) is 17.0. The third-order valence-corrected chi connectivity index (χ3v) is 5.74. The second-order valence-corrected chi connectivity index (χ2v) is 8.31. The van der Waals surface area contributed by atoms with Crippen LogP contribution in [0.25, 0.3) is 0 Å². The number of rotatable bonds is 8. The summed E-state index contributed by atoms with van der Waals surface area (Å²) in [5, 5.41) is 18.3. The first-order valence-corrected chi connectivity index (χ1v) is 10.7. The second-order valence-electron chi connectivity index (χ2n) is 7.33. The van der Waals surface area contributed by atoms with E-state index in [1.54, 1.807) is 0 Å². The quantitative estimate of drug-likeness (QED) is 0.402. The van der Waals surface area contributed by atoms with E-state index in [9.17, 15) is 19.7 Å². The van der Waals surface area contributed by atoms with Gasteiger partial charge in [0.2, 0.25) is 5.91 Å². The zero-order chi connectivity index (χ0) is 22.4. The molecule has 0 aliphatic rings. The molecule has 0 aliphatic carbocycles. The molecule has 2 aromatic carbocycles. The predicted molar refractivity (Wildman–Crippen MR) is 120 cm³/mol. The lowest BCUT2D eigenvalue weighted by Gasteiger charge is -2.19. The molecule has 0 aliphatic heterocycles. The van der Waals surface area contributed by atoms with Gasteiger partial charge in [0.05, 0.1) is 17.5 Å². The van der Waals surface area contributed by atoms with Gasteiger partial charge in [0.1, 0.15) is 0 Å². The Kier molecular flexibility index (Phi) is 7.15. The van der Waals surface area contributed by atoms with Gasteiger partial charge in [0.25, 0.3) is 11.6 Å². The molecule has 0 saturated heterocycles. The number of non-ortho nitro benzene ring substituents is 1. The molecule has 2 N–H and O–H groups in total. The minimum atomic E-state index is -0.570. The molecule has 2 amide bonds. The van der Waals surface area contributed by atoms with Gasteiger partial charge < -0.3 is 10.6 Å². The molecule has 0 bridgehead atoms. The normalized spacial score (nSPS) is 11.7. The van der Waals surface area contributed by atoms with Crippen molar-refractivity contribution in [2.75, 3.05) is 6.54 Å². The fourth-order valence-electron chi connectivity index (χ4n) is 3.08. The fourth-order valence-corrected chi connectivity index (χ4v) is 3.89. The molecule has 31 heavy (non-hydrogen) atoms. The van der Waals surface area contributed by atoms with Gasteiger partial charge in [-0.1, -0.05) is 50.2 Å². The van der Waals surface area contributed by atoms with Gasteiger partial charge in [-0.05, 0) is 34.6 Å². The summed E-state index contributed by atoms with van der Waals surface area (Å²) in [6.45, 7) is 4.00. The van der Waals surface area contributed by atoms with Crippen LogP contribution >= 0.6 is 11.3 Å². The summed E-state index contributed by atoms with van der Waals surface area (Å²) < 4.78 is 0. The molecule has 0 saturated carbocycles. The Bertz CT molecular complexity index is 1060. The van der Waals surface area contributed by atoms with Crippen LogP contribution < -0.4 is 10.6 Å². The fraction of sp³-hybridized carbons (Fsp3) is 0.217. The lowest BCUT2D eigenvalue weighted by atomic mass is 9.98. The van der Waals surface area contributed by atoms with Crippen LogP contribution in [-0.2, 0) is 4.79 Å². The number of nitrogens with one attached hydrogen (secondary N) is 2. The van der Waals surface area contributed by atoms with E-state index in [0.717, 1.165) is 10.4 Å². The number of amides is 2. The zero-order valence-corrected chi connectivity index (χ0v) is 18.0. The summed E-state index contributed by atoms with van der Waals surface area (Å²) in [5.41, 5.74) is 2.11. The van der Waals surface area contributed by atoms with Gasteiger partial charge in [-0.3, -0.25) is 19.7 Å². The molecule has 1 aromatic heterocycles. The van der Waals surface area contributed by atoms with Crippen molar-refractivity contribution in [3.8, 4) is 0 Å². The van der Waals surface area contributed by atoms with Crippen LogP contribution in [0.4, 0.5) is 5.69 Å². The number of hydrogen-bond acceptors (Lipinski definition) is 5. The number of nitrogens with zero attached hydrogens (tertiary/aromatic N) is 1. The van der Waals surface area contributed by atoms with Crippen LogP contribution in [0.5, 0.6) is 0 Å². The number of carbonyl (C=O) groups is 2. The Labute approximate surface area is 184 Å². The van der Waals surface area contributed by atoms with Crippen LogP contribution in [0.15, 0.2) is 66.0 Å². The monoisotopic (exact) mass is 437 g/mol. The van der Waals surface area contributed by atoms with Crippen molar-refractivity contribution in [1.29, 1.82) is 0 Å². The highest BCUT2D eigenvalue weighted by Crippen LogP contribution is 2.27. The van der Waals surface area contributed by atoms with Crippen LogP contribution in [-0.4, -0.2) is 23.3 Å². The first-order chi connectivity index (χ1) is 14.8. The van der Waals surface area contributed by atoms with Crippen molar-refractivity contribution in [2.45, 2.75) is 25.8 Å². The second kappa shape index (κ2) is 9.99. The van der Waals surface area contributed by atoms with E-state index in [1.165, 1.54) is 41.2 Å². The van der Waals surface area contributed by atoms with Gasteiger partial charge in [-0.25, -0.2) is 0 Å². The lowest BCUT2D eigenvalue weighted by molar-refractivity contribution is -0.384. The average molecular weight is 438 g/mol. The molecular formula is C23H23N3O4S. The highest BCUT2D eigenvalue weighted by atomic mass is 32.1. The molecule has 7 nitrogen and oxygen atoms in total. The van der Waals surface area contributed by atoms with Crippen molar-refractivity contribution < 1.29 is 14.5 Å². The minimum Gasteiger partial charge on any atom is -0.343 e. The third-order valence-electron chi connectivity index (χ3n) is 4.80. The first kappa shape index (κ1) is 22.2. The number of nitro benzene ring substituents is 1. The highest BCUT2D eigenvalue weighted by molar-refractivity contribution is 7.10. The van der Waals surface area contributed by atoms with E-state index in [1.807, 2.05) is 29.6 Å². The molecule has 1 atom stereocenters. The van der Waals surface area contributed by atoms with Gasteiger partial charge in [-0.15, -0.1) is 11.3 Å². The van der Waals surface area contributed by atoms with E-state index in [4.69, 9.17) is 0 Å². The van der Waals surface area contributed by atoms with E-state index in [0.29, 0.717) is 5.92 Å². The summed E-state index contributed by atoms with van der Waals surface area (Å²) in [7, 11) is 0. The van der Waals surface area contributed by atoms with Gasteiger partial charge >= 0.3 is 0 Å². The average Bonchev–Trinajstić information content (AvgIpc) is 3.30. The van der Waals surface area contributed by atoms with Crippen molar-refractivity contribution >= 4 is 28.8 Å². The molecule has 0 fully saturated rings. The van der Waals surface area contributed by atoms with Crippen molar-refractivity contribution in [3.05, 3.63) is 97.7 Å². The predicted octanol–water partition coefficient (Wildman–Crippen LogP) is 4.42. The summed E-state index contributed by atoms with van der Waals surface area (Å²) in [4.78, 5) is 36.2. The largest absolute Gasteiger partial charge is 0.343 e. The van der Waals surface area contributed by atoms with Crippen LogP contribution in [0, 0.1) is 10.1 Å². The van der Waals surface area contributed by atoms with E-state index in [-0.39, 0.29) is 29.7 Å². The van der Waals surface area contributed by atoms with E-state index in [2.05, 4.69) is 36.6 Å². The topological polar surface area (TPSA) is 101 Å². The van der Waals surface area contributed by atoms with Crippen molar-refractivity contribution in [1.82, 2.24) is 10.6 Å². The van der Waals surface area contributed by atoms with Gasteiger partial charge in [-0.2, -0.15) is 0 Å². The molecule has 1 heterocycles. The molecule has 0 spiro atoms. The maximum Gasteiger partial charge on any atom is 0.270 e. The number of thiophene rings is 1. The Hall–Kier alpha value is -3.52. The lowest BCUT2D eigenvalue weighted by Crippen LogP contribution is -2.38. The molecular weight excluding hydrogens is 414 g/mol. The van der Waals surface area contributed by atoms with Crippen LogP contribution in [0.1, 0.15) is 52.2 Å². The molecule has 8 heteroatoms. The maximum absolute atomic E-state index is 12.6. The minimum absolute atomic E-state index is 0.126. The number of carbonyl (C=O) groups excluding carboxylic acids is 2. The Morgan fingerprint density at radius 1 is 1.03 bits per heavy atom. The number of hydrogen-bond donors (Lipinski definition) is 2. The van der Waals surface area contributed by atoms with Crippen LogP contribution in [0.3, 0.4) is 0 Å². The van der Waals surface area contributed by atoms with Crippen LogP contribution in [0.2, 0.25) is 0 Å². The number of benzene rings is 2. The van der Waals surface area contributed by atoms with Gasteiger partial charge in [0, 0.05) is 22.6 Å². The van der Waals surface area contributed by atoms with Crippen molar-refractivity contribution in [2.24, 2.45) is 0 Å². The molecule has 0 radical (unpaired) electrons. The zero-order valence-electron chi connectivity index (χ0n) is 17.2. The summed E-state index contributed by atoms with van der Waals surface area (Å²) in [5.74, 6) is -0.495. The van der Waals surface area contributed by atoms with E-state index < -0.39 is 10.8 Å². The first-order valence-electron chi connectivity index (χ1n) is 9.80. The summed E-state index contributed by atoms with van der Waals surface area (Å²) >= 11 is 1.54. The molecule has 3 aromatic rings. The summed E-state index contributed by atoms with van der Waals surface area (Å²) in [6.07, 6.45) is 0. The Balaban J connectivity index is 1.68. The Morgan fingerprint density at radius 2 is 1.74 bits per heavy atom. The standard InChI is InChI=1S/C23H23N3O4S/c1-15(2)16-8-10-17(11-9-16)22(20-7-4-12-31-20)25-21(27)14-24-23(28)18-5-3-6-19(13-18)26(29)30/h3-13,15,22H,14H2,1-2H3,(H,24,28)(H,25,27). The smallest absolute Gasteiger partial charge is 0.270 e. The van der Waals surface area contributed by atoms with E-state index >= 15 is 0 Å². The molecule has 160 valence electrons. The third kappa shape index (κ3) is 5.76. The highest BCUT2D eigenvalue weighted by Gasteiger charge is 2.19. The maximum atomic E-state index is 12.6. The Morgan fingerprint density at radius 3 is 2.35 bits per heavy atom. The molecule has 3 rings (SSSR count). The number of nitro groups is 1. The SMILES string of the molecule is CC(C)c1ccc(C(NC(=O)CNC(=O)c2cccc([N+](=O)[O-])c2)c2cccs2)cc1.